The highest BCUT2D eigenvalue weighted by Crippen LogP contribution is 2.14. The molecule has 0 bridgehead atoms. The summed E-state index contributed by atoms with van der Waals surface area (Å²) in [4.78, 5) is 13.9. The lowest BCUT2D eigenvalue weighted by atomic mass is 10.2. The molecule has 0 radical (unpaired) electrons. The van der Waals surface area contributed by atoms with E-state index < -0.39 is 5.60 Å². The van der Waals surface area contributed by atoms with Crippen LogP contribution in [-0.2, 0) is 14.2 Å². The van der Waals surface area contributed by atoms with Crippen molar-refractivity contribution in [1.29, 1.82) is 0 Å². The number of rotatable bonds is 3. The molecule has 19 heavy (non-hydrogen) atoms. The average Bonchev–Trinajstić information content (AvgIpc) is 2.25. The summed E-state index contributed by atoms with van der Waals surface area (Å²) in [6.07, 6.45) is -0.257. The van der Waals surface area contributed by atoms with Gasteiger partial charge in [0.25, 0.3) is 0 Å². The lowest BCUT2D eigenvalue weighted by molar-refractivity contribution is -0.0404. The number of hydrogen-bond donors (Lipinski definition) is 1. The Bertz CT molecular complexity index is 312. The third-order valence-electron chi connectivity index (χ3n) is 3.14. The second-order valence-electron chi connectivity index (χ2n) is 6.05. The van der Waals surface area contributed by atoms with Crippen LogP contribution in [0.2, 0.25) is 0 Å². The summed E-state index contributed by atoms with van der Waals surface area (Å²) in [5.41, 5.74) is -0.463. The normalized spacial score (nSPS) is 25.0. The zero-order valence-corrected chi connectivity index (χ0v) is 12.0. The van der Waals surface area contributed by atoms with Crippen molar-refractivity contribution in [2.45, 2.75) is 38.5 Å². The van der Waals surface area contributed by atoms with Gasteiger partial charge in [0.1, 0.15) is 5.60 Å². The minimum Gasteiger partial charge on any atom is -0.444 e. The largest absolute Gasteiger partial charge is 0.444 e. The highest BCUT2D eigenvalue weighted by atomic mass is 16.6. The summed E-state index contributed by atoms with van der Waals surface area (Å²) in [6.45, 7) is 9.57. The van der Waals surface area contributed by atoms with Gasteiger partial charge in [-0.3, -0.25) is 4.90 Å². The molecule has 0 aliphatic carbocycles. The predicted octanol–water partition coefficient (Wildman–Crippen LogP) is 0.611. The first kappa shape index (κ1) is 14.6. The fourth-order valence-electron chi connectivity index (χ4n) is 2.04. The van der Waals surface area contributed by atoms with E-state index in [-0.39, 0.29) is 12.1 Å². The van der Waals surface area contributed by atoms with E-state index in [1.165, 1.54) is 0 Å². The Morgan fingerprint density at radius 1 is 1.32 bits per heavy atom. The van der Waals surface area contributed by atoms with Crippen LogP contribution in [0.25, 0.3) is 0 Å². The molecule has 0 saturated carbocycles. The SMILES string of the molecule is CC(C)(C)OC(=O)N1CCOCC1CNC1COC1. The molecule has 6 heteroatoms. The van der Waals surface area contributed by atoms with Crippen LogP contribution in [0.5, 0.6) is 0 Å². The highest BCUT2D eigenvalue weighted by Gasteiger charge is 2.31. The standard InChI is InChI=1S/C13H24N2O4/c1-13(2,3)19-12(16)15-4-5-17-9-11(15)6-14-10-7-18-8-10/h10-11,14H,4-9H2,1-3H3. The number of nitrogens with zero attached hydrogens (tertiary/aromatic N) is 1. The van der Waals surface area contributed by atoms with E-state index in [9.17, 15) is 4.79 Å². The number of morpholine rings is 1. The molecule has 0 spiro atoms. The van der Waals surface area contributed by atoms with Crippen molar-refractivity contribution in [1.82, 2.24) is 10.2 Å². The fourth-order valence-corrected chi connectivity index (χ4v) is 2.04. The molecule has 2 heterocycles. The summed E-state index contributed by atoms with van der Waals surface area (Å²) in [6, 6.07) is 0.437. The van der Waals surface area contributed by atoms with Crippen LogP contribution in [0.4, 0.5) is 4.79 Å². The Morgan fingerprint density at radius 2 is 2.05 bits per heavy atom. The molecule has 2 saturated heterocycles. The third kappa shape index (κ3) is 4.33. The van der Waals surface area contributed by atoms with Crippen LogP contribution in [0.1, 0.15) is 20.8 Å². The van der Waals surface area contributed by atoms with Crippen LogP contribution >= 0.6 is 0 Å². The van der Waals surface area contributed by atoms with Gasteiger partial charge in [-0.15, -0.1) is 0 Å². The van der Waals surface area contributed by atoms with Crippen molar-refractivity contribution in [3.8, 4) is 0 Å². The van der Waals surface area contributed by atoms with E-state index >= 15 is 0 Å². The maximum Gasteiger partial charge on any atom is 0.410 e. The van der Waals surface area contributed by atoms with Gasteiger partial charge in [-0.1, -0.05) is 0 Å². The maximum absolute atomic E-state index is 12.1. The van der Waals surface area contributed by atoms with Gasteiger partial charge >= 0.3 is 6.09 Å². The van der Waals surface area contributed by atoms with E-state index in [2.05, 4.69) is 5.32 Å². The van der Waals surface area contributed by atoms with E-state index in [0.29, 0.717) is 32.3 Å². The Balaban J connectivity index is 1.85. The fraction of sp³-hybridized carbons (Fsp3) is 0.923. The molecule has 1 unspecified atom stereocenters. The van der Waals surface area contributed by atoms with Gasteiger partial charge in [0, 0.05) is 13.1 Å². The van der Waals surface area contributed by atoms with E-state index in [1.54, 1.807) is 4.90 Å². The lowest BCUT2D eigenvalue weighted by Gasteiger charge is -2.38. The van der Waals surface area contributed by atoms with Crippen LogP contribution in [0.3, 0.4) is 0 Å². The molecule has 1 amide bonds. The van der Waals surface area contributed by atoms with Crippen molar-refractivity contribution >= 4 is 6.09 Å². The first-order chi connectivity index (χ1) is 8.96. The molecule has 2 aliphatic rings. The first-order valence-electron chi connectivity index (χ1n) is 6.84. The van der Waals surface area contributed by atoms with E-state index in [1.807, 2.05) is 20.8 Å². The molecule has 0 aromatic rings. The summed E-state index contributed by atoms with van der Waals surface area (Å²) >= 11 is 0. The Kier molecular flexibility index (Phi) is 4.65. The molecule has 110 valence electrons. The van der Waals surface area contributed by atoms with Crippen LogP contribution < -0.4 is 5.32 Å². The van der Waals surface area contributed by atoms with Gasteiger partial charge < -0.3 is 19.5 Å². The zero-order chi connectivity index (χ0) is 13.9. The molecule has 1 N–H and O–H groups in total. The summed E-state index contributed by atoms with van der Waals surface area (Å²) in [5, 5.41) is 3.38. The molecule has 0 aromatic carbocycles. The Morgan fingerprint density at radius 3 is 2.63 bits per heavy atom. The van der Waals surface area contributed by atoms with Crippen LogP contribution in [-0.4, -0.2) is 68.2 Å². The van der Waals surface area contributed by atoms with Crippen molar-refractivity contribution in [3.63, 3.8) is 0 Å². The average molecular weight is 272 g/mol. The van der Waals surface area contributed by atoms with Gasteiger partial charge in [-0.05, 0) is 20.8 Å². The molecule has 2 aliphatic heterocycles. The predicted molar refractivity (Wildman–Crippen MR) is 70.2 cm³/mol. The van der Waals surface area contributed by atoms with Crippen LogP contribution in [0, 0.1) is 0 Å². The van der Waals surface area contributed by atoms with E-state index in [4.69, 9.17) is 14.2 Å². The molecule has 2 fully saturated rings. The van der Waals surface area contributed by atoms with Gasteiger partial charge in [-0.2, -0.15) is 0 Å². The smallest absolute Gasteiger partial charge is 0.410 e. The topological polar surface area (TPSA) is 60.0 Å². The molecular weight excluding hydrogens is 248 g/mol. The molecule has 0 aromatic heterocycles. The summed E-state index contributed by atoms with van der Waals surface area (Å²) < 4.78 is 16.0. The van der Waals surface area contributed by atoms with Gasteiger partial charge in [0.05, 0.1) is 38.5 Å². The number of carbonyl (C=O) groups excluding carboxylic acids is 1. The van der Waals surface area contributed by atoms with Gasteiger partial charge in [0.2, 0.25) is 0 Å². The summed E-state index contributed by atoms with van der Waals surface area (Å²) in [5.74, 6) is 0. The van der Waals surface area contributed by atoms with Crippen LogP contribution in [0.15, 0.2) is 0 Å². The second kappa shape index (κ2) is 6.07. The minimum atomic E-state index is -0.463. The van der Waals surface area contributed by atoms with Crippen molar-refractivity contribution in [3.05, 3.63) is 0 Å². The Labute approximate surface area is 114 Å². The van der Waals surface area contributed by atoms with Crippen molar-refractivity contribution in [2.75, 3.05) is 39.5 Å². The molecule has 2 rings (SSSR count). The van der Waals surface area contributed by atoms with Crippen molar-refractivity contribution < 1.29 is 19.0 Å². The third-order valence-corrected chi connectivity index (χ3v) is 3.14. The monoisotopic (exact) mass is 272 g/mol. The summed E-state index contributed by atoms with van der Waals surface area (Å²) in [7, 11) is 0. The molecular formula is C13H24N2O4. The van der Waals surface area contributed by atoms with E-state index in [0.717, 1.165) is 13.2 Å². The minimum absolute atomic E-state index is 0.0317. The number of carbonyl (C=O) groups is 1. The number of amides is 1. The number of nitrogens with one attached hydrogen (secondary N) is 1. The Hall–Kier alpha value is -0.850. The maximum atomic E-state index is 12.1. The molecule has 1 atom stereocenters. The van der Waals surface area contributed by atoms with Gasteiger partial charge in [0.15, 0.2) is 0 Å². The molecule has 6 nitrogen and oxygen atoms in total. The number of hydrogen-bond acceptors (Lipinski definition) is 5. The van der Waals surface area contributed by atoms with Crippen molar-refractivity contribution in [2.24, 2.45) is 0 Å². The highest BCUT2D eigenvalue weighted by molar-refractivity contribution is 5.68. The zero-order valence-electron chi connectivity index (χ0n) is 12.0. The second-order valence-corrected chi connectivity index (χ2v) is 6.05. The quantitative estimate of drug-likeness (QED) is 0.816. The lowest BCUT2D eigenvalue weighted by Crippen LogP contribution is -2.57. The van der Waals surface area contributed by atoms with Gasteiger partial charge in [-0.25, -0.2) is 4.79 Å². The number of ether oxygens (including phenoxy) is 3. The first-order valence-corrected chi connectivity index (χ1v) is 6.84.